The van der Waals surface area contributed by atoms with E-state index in [1.807, 2.05) is 0 Å². The summed E-state index contributed by atoms with van der Waals surface area (Å²) in [6.07, 6.45) is 1.16. The van der Waals surface area contributed by atoms with Crippen molar-refractivity contribution in [2.75, 3.05) is 6.54 Å². The van der Waals surface area contributed by atoms with Gasteiger partial charge in [-0.05, 0) is 13.8 Å². The summed E-state index contributed by atoms with van der Waals surface area (Å²) >= 11 is 0. The number of hydrogen-bond acceptors (Lipinski definition) is 5. The van der Waals surface area contributed by atoms with E-state index in [2.05, 4.69) is 15.5 Å². The van der Waals surface area contributed by atoms with Crippen molar-refractivity contribution < 1.29 is 14.4 Å². The highest BCUT2D eigenvalue weighted by Crippen LogP contribution is 1.96. The molecule has 0 unspecified atom stereocenters. The van der Waals surface area contributed by atoms with Crippen LogP contribution in [-0.2, 0) is 11.3 Å². The number of nitrogens with zero attached hydrogens (tertiary/aromatic N) is 2. The van der Waals surface area contributed by atoms with Crippen LogP contribution in [-0.4, -0.2) is 27.8 Å². The Labute approximate surface area is 87.0 Å². The molecule has 0 bridgehead atoms. The van der Waals surface area contributed by atoms with Gasteiger partial charge in [0.15, 0.2) is 5.82 Å². The van der Waals surface area contributed by atoms with Crippen molar-refractivity contribution in [3.05, 3.63) is 23.4 Å². The monoisotopic (exact) mass is 211 g/mol. The van der Waals surface area contributed by atoms with Gasteiger partial charge in [-0.1, -0.05) is 10.7 Å². The number of nitrogens with one attached hydrogen (secondary N) is 1. The van der Waals surface area contributed by atoms with Gasteiger partial charge < -0.3 is 14.9 Å². The molecule has 82 valence electrons. The summed E-state index contributed by atoms with van der Waals surface area (Å²) in [5, 5.41) is 15.1. The van der Waals surface area contributed by atoms with Crippen molar-refractivity contribution in [3.8, 4) is 0 Å². The predicted molar refractivity (Wildman–Crippen MR) is 52.1 cm³/mol. The first-order valence-corrected chi connectivity index (χ1v) is 4.48. The zero-order valence-electron chi connectivity index (χ0n) is 8.65. The highest BCUT2D eigenvalue weighted by molar-refractivity contribution is 5.80. The summed E-state index contributed by atoms with van der Waals surface area (Å²) in [6, 6.07) is 0. The molecule has 1 aromatic rings. The molecule has 0 fully saturated rings. The molecule has 0 aromatic carbocycles. The number of carboxylic acids is 1. The minimum Gasteiger partial charge on any atom is -0.478 e. The van der Waals surface area contributed by atoms with Gasteiger partial charge in [0.25, 0.3) is 0 Å². The third-order valence-electron chi connectivity index (χ3n) is 1.62. The van der Waals surface area contributed by atoms with Crippen molar-refractivity contribution in [2.45, 2.75) is 20.4 Å². The second kappa shape index (κ2) is 5.26. The number of rotatable bonds is 5. The van der Waals surface area contributed by atoms with E-state index in [1.54, 1.807) is 13.8 Å². The third kappa shape index (κ3) is 4.37. The van der Waals surface area contributed by atoms with Crippen molar-refractivity contribution in [2.24, 2.45) is 0 Å². The van der Waals surface area contributed by atoms with Crippen molar-refractivity contribution in [1.29, 1.82) is 0 Å². The molecule has 6 heteroatoms. The van der Waals surface area contributed by atoms with Gasteiger partial charge in [-0.15, -0.1) is 0 Å². The molecule has 15 heavy (non-hydrogen) atoms. The van der Waals surface area contributed by atoms with Crippen LogP contribution >= 0.6 is 0 Å². The lowest BCUT2D eigenvalue weighted by Crippen LogP contribution is -2.16. The van der Waals surface area contributed by atoms with Gasteiger partial charge in [0.2, 0.25) is 5.89 Å². The SMILES string of the molecule is CC(=CC(=O)O)CNCc1nc(C)no1. The molecule has 0 radical (unpaired) electrons. The molecular formula is C9H13N3O3. The van der Waals surface area contributed by atoms with Crippen molar-refractivity contribution >= 4 is 5.97 Å². The van der Waals surface area contributed by atoms with Gasteiger partial charge in [-0.3, -0.25) is 0 Å². The second-order valence-corrected chi connectivity index (χ2v) is 3.17. The fraction of sp³-hybridized carbons (Fsp3) is 0.444. The molecular weight excluding hydrogens is 198 g/mol. The van der Waals surface area contributed by atoms with Gasteiger partial charge >= 0.3 is 5.97 Å². The summed E-state index contributed by atoms with van der Waals surface area (Å²) in [5.74, 6) is 0.142. The molecule has 0 amide bonds. The Hall–Kier alpha value is -1.69. The zero-order valence-corrected chi connectivity index (χ0v) is 8.65. The number of hydrogen-bond donors (Lipinski definition) is 2. The smallest absolute Gasteiger partial charge is 0.328 e. The minimum atomic E-state index is -0.942. The van der Waals surface area contributed by atoms with Crippen LogP contribution < -0.4 is 5.32 Å². The van der Waals surface area contributed by atoms with Crippen LogP contribution in [0.5, 0.6) is 0 Å². The van der Waals surface area contributed by atoms with Crippen LogP contribution in [0.3, 0.4) is 0 Å². The molecule has 2 N–H and O–H groups in total. The van der Waals surface area contributed by atoms with Crippen LogP contribution in [0.4, 0.5) is 0 Å². The topological polar surface area (TPSA) is 88.2 Å². The maximum atomic E-state index is 10.3. The molecule has 0 aliphatic carbocycles. The Morgan fingerprint density at radius 1 is 1.67 bits per heavy atom. The van der Waals surface area contributed by atoms with Crippen LogP contribution in [0.25, 0.3) is 0 Å². The first kappa shape index (κ1) is 11.4. The fourth-order valence-corrected chi connectivity index (χ4v) is 1.04. The fourth-order valence-electron chi connectivity index (χ4n) is 1.04. The maximum Gasteiger partial charge on any atom is 0.328 e. The van der Waals surface area contributed by atoms with E-state index in [4.69, 9.17) is 9.63 Å². The first-order valence-electron chi connectivity index (χ1n) is 4.48. The molecule has 0 spiro atoms. The van der Waals surface area contributed by atoms with Crippen LogP contribution in [0.2, 0.25) is 0 Å². The van der Waals surface area contributed by atoms with Gasteiger partial charge in [0, 0.05) is 12.6 Å². The van der Waals surface area contributed by atoms with Crippen LogP contribution in [0, 0.1) is 6.92 Å². The van der Waals surface area contributed by atoms with Crippen LogP contribution in [0.15, 0.2) is 16.2 Å². The predicted octanol–water partition coefficient (Wildman–Crippen LogP) is 0.499. The quantitative estimate of drug-likeness (QED) is 0.689. The summed E-state index contributed by atoms with van der Waals surface area (Å²) in [5.41, 5.74) is 0.735. The van der Waals surface area contributed by atoms with E-state index >= 15 is 0 Å². The van der Waals surface area contributed by atoms with Crippen LogP contribution in [0.1, 0.15) is 18.6 Å². The molecule has 0 saturated carbocycles. The van der Waals surface area contributed by atoms with E-state index in [9.17, 15) is 4.79 Å². The number of aromatic nitrogens is 2. The normalized spacial score (nSPS) is 11.7. The van der Waals surface area contributed by atoms with Gasteiger partial charge in [-0.25, -0.2) is 4.79 Å². The van der Waals surface area contributed by atoms with E-state index in [0.29, 0.717) is 24.8 Å². The van der Waals surface area contributed by atoms with E-state index in [1.165, 1.54) is 0 Å². The molecule has 6 nitrogen and oxygen atoms in total. The zero-order chi connectivity index (χ0) is 11.3. The minimum absolute atomic E-state index is 0.436. The molecule has 0 saturated heterocycles. The lowest BCUT2D eigenvalue weighted by atomic mass is 10.3. The van der Waals surface area contributed by atoms with E-state index in [0.717, 1.165) is 11.6 Å². The Balaban J connectivity index is 2.30. The first-order chi connectivity index (χ1) is 7.08. The summed E-state index contributed by atoms with van der Waals surface area (Å²) < 4.78 is 4.87. The summed E-state index contributed by atoms with van der Waals surface area (Å²) in [7, 11) is 0. The standard InChI is InChI=1S/C9H13N3O3/c1-6(3-9(13)14)4-10-5-8-11-7(2)12-15-8/h3,10H,4-5H2,1-2H3,(H,13,14). The van der Waals surface area contributed by atoms with Crippen molar-refractivity contribution in [3.63, 3.8) is 0 Å². The third-order valence-corrected chi connectivity index (χ3v) is 1.62. The lowest BCUT2D eigenvalue weighted by molar-refractivity contribution is -0.131. The molecule has 1 heterocycles. The van der Waals surface area contributed by atoms with E-state index < -0.39 is 5.97 Å². The average molecular weight is 211 g/mol. The molecule has 1 rings (SSSR count). The maximum absolute atomic E-state index is 10.3. The lowest BCUT2D eigenvalue weighted by Gasteiger charge is -2.00. The number of carbonyl (C=O) groups is 1. The summed E-state index contributed by atoms with van der Waals surface area (Å²) in [4.78, 5) is 14.3. The average Bonchev–Trinajstić information content (AvgIpc) is 2.50. The van der Waals surface area contributed by atoms with Gasteiger partial charge in [0.05, 0.1) is 6.54 Å². The number of aliphatic carboxylic acids is 1. The van der Waals surface area contributed by atoms with Gasteiger partial charge in [-0.2, -0.15) is 4.98 Å². The summed E-state index contributed by atoms with van der Waals surface area (Å²) in [6.45, 7) is 4.39. The largest absolute Gasteiger partial charge is 0.478 e. The van der Waals surface area contributed by atoms with E-state index in [-0.39, 0.29) is 0 Å². The number of aryl methyl sites for hydroxylation is 1. The Bertz CT molecular complexity index is 370. The number of carboxylic acid groups (broad SMARTS) is 1. The Morgan fingerprint density at radius 2 is 2.40 bits per heavy atom. The van der Waals surface area contributed by atoms with Crippen molar-refractivity contribution in [1.82, 2.24) is 15.5 Å². The molecule has 1 aromatic heterocycles. The highest BCUT2D eigenvalue weighted by atomic mass is 16.5. The second-order valence-electron chi connectivity index (χ2n) is 3.17. The van der Waals surface area contributed by atoms with Gasteiger partial charge in [0.1, 0.15) is 0 Å². The molecule has 0 atom stereocenters. The molecule has 0 aliphatic rings. The Morgan fingerprint density at radius 3 is 2.93 bits per heavy atom. The highest BCUT2D eigenvalue weighted by Gasteiger charge is 2.01. The molecule has 0 aliphatic heterocycles. The Kier molecular flexibility index (Phi) is 3.99.